The standard InChI is InChI=1S/C19H22N2O2/c1-14-6-5-8-16(10-14)12-20-19(23)13-21-18(22)11-17-9-4-3-7-15(17)2/h3-10H,11-13H2,1-2H3,(H,20,23)(H,21,22). The first kappa shape index (κ1) is 16.7. The Labute approximate surface area is 136 Å². The molecule has 0 radical (unpaired) electrons. The van der Waals surface area contributed by atoms with Crippen molar-refractivity contribution in [1.82, 2.24) is 10.6 Å². The third-order valence-electron chi connectivity index (χ3n) is 3.63. The monoisotopic (exact) mass is 310 g/mol. The minimum absolute atomic E-state index is 0.00344. The summed E-state index contributed by atoms with van der Waals surface area (Å²) in [4.78, 5) is 23.7. The van der Waals surface area contributed by atoms with Gasteiger partial charge in [-0.05, 0) is 30.5 Å². The molecule has 0 aliphatic rings. The fourth-order valence-electron chi connectivity index (χ4n) is 2.31. The SMILES string of the molecule is Cc1cccc(CNC(=O)CNC(=O)Cc2ccccc2C)c1. The number of hydrogen-bond donors (Lipinski definition) is 2. The van der Waals surface area contributed by atoms with Crippen molar-refractivity contribution in [3.05, 3.63) is 70.8 Å². The van der Waals surface area contributed by atoms with E-state index in [0.29, 0.717) is 6.54 Å². The second-order valence-electron chi connectivity index (χ2n) is 5.65. The van der Waals surface area contributed by atoms with Crippen molar-refractivity contribution >= 4 is 11.8 Å². The van der Waals surface area contributed by atoms with Crippen LogP contribution in [0.3, 0.4) is 0 Å². The van der Waals surface area contributed by atoms with Crippen LogP contribution < -0.4 is 10.6 Å². The first-order valence-corrected chi connectivity index (χ1v) is 7.68. The van der Waals surface area contributed by atoms with Crippen LogP contribution in [0.15, 0.2) is 48.5 Å². The van der Waals surface area contributed by atoms with Crippen molar-refractivity contribution in [2.45, 2.75) is 26.8 Å². The highest BCUT2D eigenvalue weighted by atomic mass is 16.2. The molecule has 0 spiro atoms. The normalized spacial score (nSPS) is 10.2. The van der Waals surface area contributed by atoms with Gasteiger partial charge in [-0.3, -0.25) is 9.59 Å². The Bertz CT molecular complexity index is 695. The molecule has 0 saturated carbocycles. The van der Waals surface area contributed by atoms with Crippen LogP contribution in [-0.4, -0.2) is 18.4 Å². The summed E-state index contributed by atoms with van der Waals surface area (Å²) in [5.74, 6) is -0.338. The van der Waals surface area contributed by atoms with E-state index in [9.17, 15) is 9.59 Å². The second-order valence-corrected chi connectivity index (χ2v) is 5.65. The van der Waals surface area contributed by atoms with Crippen molar-refractivity contribution in [3.8, 4) is 0 Å². The van der Waals surface area contributed by atoms with E-state index in [1.165, 1.54) is 0 Å². The number of nitrogens with one attached hydrogen (secondary N) is 2. The summed E-state index contributed by atoms with van der Waals surface area (Å²) in [7, 11) is 0. The lowest BCUT2D eigenvalue weighted by atomic mass is 10.1. The molecule has 0 aromatic heterocycles. The van der Waals surface area contributed by atoms with Crippen LogP contribution in [0, 0.1) is 13.8 Å². The maximum atomic E-state index is 11.9. The van der Waals surface area contributed by atoms with Gasteiger partial charge >= 0.3 is 0 Å². The summed E-state index contributed by atoms with van der Waals surface area (Å²) in [6.45, 7) is 4.44. The van der Waals surface area contributed by atoms with E-state index < -0.39 is 0 Å². The summed E-state index contributed by atoms with van der Waals surface area (Å²) < 4.78 is 0. The average molecular weight is 310 g/mol. The Hall–Kier alpha value is -2.62. The summed E-state index contributed by atoms with van der Waals surface area (Å²) in [6.07, 6.45) is 0.290. The van der Waals surface area contributed by atoms with Gasteiger partial charge in [-0.2, -0.15) is 0 Å². The molecule has 0 fully saturated rings. The third-order valence-corrected chi connectivity index (χ3v) is 3.63. The Kier molecular flexibility index (Phi) is 5.92. The molecule has 0 aliphatic carbocycles. The van der Waals surface area contributed by atoms with E-state index in [1.807, 2.05) is 62.4 Å². The Morgan fingerprint density at radius 1 is 0.913 bits per heavy atom. The van der Waals surface area contributed by atoms with E-state index in [0.717, 1.165) is 22.3 Å². The molecule has 2 aromatic rings. The first-order chi connectivity index (χ1) is 11.0. The van der Waals surface area contributed by atoms with Crippen LogP contribution in [0.1, 0.15) is 22.3 Å². The fourth-order valence-corrected chi connectivity index (χ4v) is 2.31. The van der Waals surface area contributed by atoms with Crippen LogP contribution in [0.25, 0.3) is 0 Å². The van der Waals surface area contributed by atoms with E-state index >= 15 is 0 Å². The number of carbonyl (C=O) groups excluding carboxylic acids is 2. The topological polar surface area (TPSA) is 58.2 Å². The van der Waals surface area contributed by atoms with Crippen LogP contribution >= 0.6 is 0 Å². The molecule has 0 heterocycles. The Morgan fingerprint density at radius 2 is 1.70 bits per heavy atom. The zero-order valence-electron chi connectivity index (χ0n) is 13.6. The van der Waals surface area contributed by atoms with Gasteiger partial charge in [-0.15, -0.1) is 0 Å². The minimum Gasteiger partial charge on any atom is -0.350 e. The van der Waals surface area contributed by atoms with Gasteiger partial charge in [0.2, 0.25) is 11.8 Å². The van der Waals surface area contributed by atoms with Gasteiger partial charge in [-0.25, -0.2) is 0 Å². The van der Waals surface area contributed by atoms with Crippen molar-refractivity contribution in [2.75, 3.05) is 6.54 Å². The van der Waals surface area contributed by atoms with Gasteiger partial charge in [0, 0.05) is 6.54 Å². The van der Waals surface area contributed by atoms with Crippen LogP contribution in [0.5, 0.6) is 0 Å². The van der Waals surface area contributed by atoms with E-state index in [1.54, 1.807) is 0 Å². The molecule has 4 nitrogen and oxygen atoms in total. The molecule has 4 heteroatoms. The minimum atomic E-state index is -0.190. The molecule has 2 N–H and O–H groups in total. The van der Waals surface area contributed by atoms with Gasteiger partial charge in [0.15, 0.2) is 0 Å². The molecule has 2 amide bonds. The first-order valence-electron chi connectivity index (χ1n) is 7.68. The zero-order valence-corrected chi connectivity index (χ0v) is 13.6. The molecule has 120 valence electrons. The van der Waals surface area contributed by atoms with Crippen molar-refractivity contribution < 1.29 is 9.59 Å². The molecule has 0 unspecified atom stereocenters. The van der Waals surface area contributed by atoms with Crippen LogP contribution in [-0.2, 0) is 22.6 Å². The molecule has 23 heavy (non-hydrogen) atoms. The highest BCUT2D eigenvalue weighted by Gasteiger charge is 2.07. The molecule has 0 atom stereocenters. The van der Waals surface area contributed by atoms with Gasteiger partial charge in [-0.1, -0.05) is 54.1 Å². The molecule has 0 bridgehead atoms. The summed E-state index contributed by atoms with van der Waals surface area (Å²) in [5, 5.41) is 5.46. The van der Waals surface area contributed by atoms with Crippen molar-refractivity contribution in [3.63, 3.8) is 0 Å². The summed E-state index contributed by atoms with van der Waals surface area (Å²) in [6, 6.07) is 15.7. The molecule has 2 aromatic carbocycles. The number of hydrogen-bond acceptors (Lipinski definition) is 2. The molecule has 2 rings (SSSR count). The van der Waals surface area contributed by atoms with Crippen LogP contribution in [0.4, 0.5) is 0 Å². The number of carbonyl (C=O) groups is 2. The fraction of sp³-hybridized carbons (Fsp3) is 0.263. The van der Waals surface area contributed by atoms with Crippen LogP contribution in [0.2, 0.25) is 0 Å². The van der Waals surface area contributed by atoms with E-state index in [4.69, 9.17) is 0 Å². The smallest absolute Gasteiger partial charge is 0.239 e. The quantitative estimate of drug-likeness (QED) is 0.860. The highest BCUT2D eigenvalue weighted by Crippen LogP contribution is 2.07. The average Bonchev–Trinajstić information content (AvgIpc) is 2.53. The summed E-state index contributed by atoms with van der Waals surface area (Å²) in [5.41, 5.74) is 4.25. The van der Waals surface area contributed by atoms with Crippen molar-refractivity contribution in [1.29, 1.82) is 0 Å². The van der Waals surface area contributed by atoms with Gasteiger partial charge in [0.25, 0.3) is 0 Å². The molecule has 0 aliphatic heterocycles. The zero-order chi connectivity index (χ0) is 16.7. The Morgan fingerprint density at radius 3 is 2.43 bits per heavy atom. The van der Waals surface area contributed by atoms with E-state index in [2.05, 4.69) is 10.6 Å². The lowest BCUT2D eigenvalue weighted by Crippen LogP contribution is -2.37. The Balaban J connectivity index is 1.74. The predicted molar refractivity (Wildman–Crippen MR) is 90.9 cm³/mol. The second kappa shape index (κ2) is 8.13. The van der Waals surface area contributed by atoms with Crippen molar-refractivity contribution in [2.24, 2.45) is 0 Å². The lowest BCUT2D eigenvalue weighted by molar-refractivity contribution is -0.125. The lowest BCUT2D eigenvalue weighted by Gasteiger charge is -2.08. The molecular formula is C19H22N2O2. The number of amides is 2. The molecule has 0 saturated heterocycles. The maximum absolute atomic E-state index is 11.9. The number of rotatable bonds is 6. The van der Waals surface area contributed by atoms with Gasteiger partial charge in [0.1, 0.15) is 0 Å². The van der Waals surface area contributed by atoms with E-state index in [-0.39, 0.29) is 24.8 Å². The van der Waals surface area contributed by atoms with Gasteiger partial charge in [0.05, 0.1) is 13.0 Å². The molecular weight excluding hydrogens is 288 g/mol. The number of benzene rings is 2. The largest absolute Gasteiger partial charge is 0.350 e. The summed E-state index contributed by atoms with van der Waals surface area (Å²) >= 11 is 0. The van der Waals surface area contributed by atoms with Gasteiger partial charge < -0.3 is 10.6 Å². The third kappa shape index (κ3) is 5.58. The number of aryl methyl sites for hydroxylation is 2. The predicted octanol–water partition coefficient (Wildman–Crippen LogP) is 2.28. The highest BCUT2D eigenvalue weighted by molar-refractivity contribution is 5.85. The maximum Gasteiger partial charge on any atom is 0.239 e.